The predicted octanol–water partition coefficient (Wildman–Crippen LogP) is 3.31. The highest BCUT2D eigenvalue weighted by Gasteiger charge is 2.06. The predicted molar refractivity (Wildman–Crippen MR) is 95.4 cm³/mol. The van der Waals surface area contributed by atoms with Gasteiger partial charge in [0.15, 0.2) is 0 Å². The van der Waals surface area contributed by atoms with Gasteiger partial charge in [-0.2, -0.15) is 0 Å². The number of ether oxygens (including phenoxy) is 2. The fourth-order valence-electron chi connectivity index (χ4n) is 2.01. The monoisotopic (exact) mass is 340 g/mol. The van der Waals surface area contributed by atoms with Crippen LogP contribution in [0.1, 0.15) is 29.8 Å². The second-order valence-electron chi connectivity index (χ2n) is 5.49. The van der Waals surface area contributed by atoms with Crippen molar-refractivity contribution in [2.75, 3.05) is 12.4 Å². The van der Waals surface area contributed by atoms with Gasteiger partial charge in [0.2, 0.25) is 5.91 Å². The molecule has 1 amide bonds. The van der Waals surface area contributed by atoms with Gasteiger partial charge in [0.05, 0.1) is 18.8 Å². The van der Waals surface area contributed by atoms with Crippen LogP contribution >= 0.6 is 0 Å². The molecular formula is C19H20N2O4. The lowest BCUT2D eigenvalue weighted by Crippen LogP contribution is -2.10. The van der Waals surface area contributed by atoms with Crippen LogP contribution in [0.5, 0.6) is 5.75 Å². The fourth-order valence-corrected chi connectivity index (χ4v) is 2.01. The Morgan fingerprint density at radius 2 is 2.00 bits per heavy atom. The van der Waals surface area contributed by atoms with Crippen LogP contribution in [0.4, 0.5) is 5.82 Å². The van der Waals surface area contributed by atoms with Gasteiger partial charge in [0.25, 0.3) is 0 Å². The number of methoxy groups -OCH3 is 1. The molecular weight excluding hydrogens is 320 g/mol. The van der Waals surface area contributed by atoms with E-state index in [0.29, 0.717) is 11.4 Å². The van der Waals surface area contributed by atoms with Crippen molar-refractivity contribution in [3.05, 3.63) is 59.8 Å². The number of rotatable bonds is 6. The zero-order valence-corrected chi connectivity index (χ0v) is 14.4. The maximum absolute atomic E-state index is 12.0. The molecule has 0 aliphatic carbocycles. The highest BCUT2D eigenvalue weighted by atomic mass is 16.5. The van der Waals surface area contributed by atoms with Crippen LogP contribution in [0.3, 0.4) is 0 Å². The SMILES string of the molecule is COC(=O)c1ccc(NC(=O)/C=C/c2cccc(OC(C)C)c2)nc1. The average molecular weight is 340 g/mol. The summed E-state index contributed by atoms with van der Waals surface area (Å²) in [4.78, 5) is 27.3. The van der Waals surface area contributed by atoms with Crippen molar-refractivity contribution in [1.29, 1.82) is 0 Å². The first-order valence-corrected chi connectivity index (χ1v) is 7.78. The fraction of sp³-hybridized carbons (Fsp3) is 0.211. The van der Waals surface area contributed by atoms with E-state index in [1.807, 2.05) is 38.1 Å². The van der Waals surface area contributed by atoms with Crippen molar-refractivity contribution in [1.82, 2.24) is 4.98 Å². The molecule has 0 radical (unpaired) electrons. The highest BCUT2D eigenvalue weighted by Crippen LogP contribution is 2.16. The minimum absolute atomic E-state index is 0.0848. The first kappa shape index (κ1) is 18.2. The van der Waals surface area contributed by atoms with Gasteiger partial charge in [-0.15, -0.1) is 0 Å². The number of anilines is 1. The second kappa shape index (κ2) is 8.63. The van der Waals surface area contributed by atoms with Gasteiger partial charge in [-0.05, 0) is 49.8 Å². The number of pyridine rings is 1. The number of esters is 1. The van der Waals surface area contributed by atoms with Crippen molar-refractivity contribution in [3.8, 4) is 5.75 Å². The molecule has 1 N–H and O–H groups in total. The molecule has 130 valence electrons. The van der Waals surface area contributed by atoms with E-state index < -0.39 is 5.97 Å². The number of hydrogen-bond donors (Lipinski definition) is 1. The second-order valence-corrected chi connectivity index (χ2v) is 5.49. The van der Waals surface area contributed by atoms with E-state index in [1.54, 1.807) is 6.08 Å². The smallest absolute Gasteiger partial charge is 0.339 e. The molecule has 0 unspecified atom stereocenters. The molecule has 2 aromatic rings. The molecule has 0 bridgehead atoms. The molecule has 0 aliphatic heterocycles. The molecule has 0 spiro atoms. The minimum atomic E-state index is -0.478. The van der Waals surface area contributed by atoms with Gasteiger partial charge in [0.1, 0.15) is 11.6 Å². The number of aromatic nitrogens is 1. The highest BCUT2D eigenvalue weighted by molar-refractivity contribution is 6.01. The summed E-state index contributed by atoms with van der Waals surface area (Å²) in [5.74, 6) is 0.291. The quantitative estimate of drug-likeness (QED) is 0.645. The molecule has 6 heteroatoms. The van der Waals surface area contributed by atoms with E-state index in [9.17, 15) is 9.59 Å². The van der Waals surface area contributed by atoms with Gasteiger partial charge in [-0.25, -0.2) is 9.78 Å². The zero-order valence-electron chi connectivity index (χ0n) is 14.4. The Morgan fingerprint density at radius 3 is 2.64 bits per heavy atom. The maximum atomic E-state index is 12.0. The average Bonchev–Trinajstić information content (AvgIpc) is 2.60. The van der Waals surface area contributed by atoms with E-state index >= 15 is 0 Å². The van der Waals surface area contributed by atoms with Crippen molar-refractivity contribution in [2.24, 2.45) is 0 Å². The maximum Gasteiger partial charge on any atom is 0.339 e. The van der Waals surface area contributed by atoms with Crippen molar-refractivity contribution < 1.29 is 19.1 Å². The van der Waals surface area contributed by atoms with Crippen LogP contribution in [-0.4, -0.2) is 30.1 Å². The summed E-state index contributed by atoms with van der Waals surface area (Å²) in [7, 11) is 1.30. The third-order valence-electron chi connectivity index (χ3n) is 3.09. The van der Waals surface area contributed by atoms with E-state index in [4.69, 9.17) is 4.74 Å². The Balaban J connectivity index is 1.97. The van der Waals surface area contributed by atoms with Gasteiger partial charge >= 0.3 is 5.97 Å². The van der Waals surface area contributed by atoms with E-state index in [0.717, 1.165) is 11.3 Å². The lowest BCUT2D eigenvalue weighted by atomic mass is 10.2. The Kier molecular flexibility index (Phi) is 6.28. The summed E-state index contributed by atoms with van der Waals surface area (Å²) in [5.41, 5.74) is 1.17. The normalized spacial score (nSPS) is 10.7. The van der Waals surface area contributed by atoms with Crippen LogP contribution < -0.4 is 10.1 Å². The summed E-state index contributed by atoms with van der Waals surface area (Å²) in [6.45, 7) is 3.91. The molecule has 1 aromatic carbocycles. The van der Waals surface area contributed by atoms with Crippen LogP contribution in [0.15, 0.2) is 48.7 Å². The number of nitrogens with one attached hydrogen (secondary N) is 1. The Labute approximate surface area is 146 Å². The number of carbonyl (C=O) groups excluding carboxylic acids is 2. The van der Waals surface area contributed by atoms with Crippen LogP contribution in [0, 0.1) is 0 Å². The van der Waals surface area contributed by atoms with Gasteiger partial charge in [-0.3, -0.25) is 4.79 Å². The molecule has 0 aliphatic rings. The molecule has 25 heavy (non-hydrogen) atoms. The molecule has 0 atom stereocenters. The summed E-state index contributed by atoms with van der Waals surface area (Å²) >= 11 is 0. The zero-order chi connectivity index (χ0) is 18.2. The van der Waals surface area contributed by atoms with Gasteiger partial charge in [-0.1, -0.05) is 12.1 Å². The molecule has 2 rings (SSSR count). The van der Waals surface area contributed by atoms with Crippen molar-refractivity contribution in [3.63, 3.8) is 0 Å². The lowest BCUT2D eigenvalue weighted by molar-refractivity contribution is -0.111. The molecule has 1 heterocycles. The molecule has 0 fully saturated rings. The first-order valence-electron chi connectivity index (χ1n) is 7.78. The molecule has 0 saturated heterocycles. The third kappa shape index (κ3) is 5.76. The van der Waals surface area contributed by atoms with Crippen molar-refractivity contribution in [2.45, 2.75) is 20.0 Å². The number of carbonyl (C=O) groups is 2. The van der Waals surface area contributed by atoms with Gasteiger partial charge in [0, 0.05) is 12.3 Å². The molecule has 6 nitrogen and oxygen atoms in total. The third-order valence-corrected chi connectivity index (χ3v) is 3.09. The van der Waals surface area contributed by atoms with E-state index in [2.05, 4.69) is 15.0 Å². The molecule has 0 saturated carbocycles. The van der Waals surface area contributed by atoms with Gasteiger partial charge < -0.3 is 14.8 Å². The number of benzene rings is 1. The Hall–Kier alpha value is -3.15. The van der Waals surface area contributed by atoms with E-state index in [-0.39, 0.29) is 12.0 Å². The number of amides is 1. The van der Waals surface area contributed by atoms with Crippen LogP contribution in [0.2, 0.25) is 0 Å². The lowest BCUT2D eigenvalue weighted by Gasteiger charge is -2.09. The summed E-state index contributed by atoms with van der Waals surface area (Å²) in [6, 6.07) is 10.5. The summed E-state index contributed by atoms with van der Waals surface area (Å²) in [6.07, 6.45) is 4.52. The number of hydrogen-bond acceptors (Lipinski definition) is 5. The first-order chi connectivity index (χ1) is 12.0. The number of nitrogens with zero attached hydrogens (tertiary/aromatic N) is 1. The summed E-state index contributed by atoms with van der Waals surface area (Å²) < 4.78 is 10.2. The largest absolute Gasteiger partial charge is 0.491 e. The van der Waals surface area contributed by atoms with E-state index in [1.165, 1.54) is 31.5 Å². The minimum Gasteiger partial charge on any atom is -0.491 e. The Morgan fingerprint density at radius 1 is 1.20 bits per heavy atom. The van der Waals surface area contributed by atoms with Crippen LogP contribution in [0.25, 0.3) is 6.08 Å². The van der Waals surface area contributed by atoms with Crippen molar-refractivity contribution >= 4 is 23.8 Å². The summed E-state index contributed by atoms with van der Waals surface area (Å²) in [5, 5.41) is 2.62. The Bertz CT molecular complexity index is 767. The molecule has 1 aromatic heterocycles. The standard InChI is InChI=1S/C19H20N2O4/c1-13(2)25-16-6-4-5-14(11-16)7-10-18(22)21-17-9-8-15(12-20-17)19(23)24-3/h4-13H,1-3H3,(H,20,21,22)/b10-7+. The van der Waals surface area contributed by atoms with Crippen LogP contribution in [-0.2, 0) is 9.53 Å². The topological polar surface area (TPSA) is 77.5 Å².